The molecule has 0 spiro atoms. The van der Waals surface area contributed by atoms with Crippen LogP contribution in [0, 0.1) is 0 Å². The third-order valence-electron chi connectivity index (χ3n) is 0.938. The largest absolute Gasteiger partial charge is 0.505 e. The highest BCUT2D eigenvalue weighted by Crippen LogP contribution is 2.30. The van der Waals surface area contributed by atoms with Gasteiger partial charge in [-0.25, -0.2) is 0 Å². The van der Waals surface area contributed by atoms with Crippen LogP contribution in [0.2, 0.25) is 10.0 Å². The van der Waals surface area contributed by atoms with Crippen LogP contribution in [0.15, 0.2) is 18.2 Å². The molecule has 1 N–H and O–H groups in total. The number of aromatic hydroxyl groups is 1. The minimum Gasteiger partial charge on any atom is -0.505 e. The molecule has 0 aliphatic heterocycles. The van der Waals surface area contributed by atoms with Crippen LogP contribution in [-0.4, -0.2) is 9.43 Å². The van der Waals surface area contributed by atoms with E-state index < -0.39 is 0 Å². The summed E-state index contributed by atoms with van der Waals surface area (Å²) in [5.41, 5.74) is 0. The van der Waals surface area contributed by atoms with E-state index in [-0.39, 0.29) is 15.8 Å². The molecule has 0 amide bonds. The minimum atomic E-state index is -0.0548. The smallest absolute Gasteiger partial charge is 0.152 e. The van der Waals surface area contributed by atoms with E-state index in [1.54, 1.807) is 18.2 Å². The van der Waals surface area contributed by atoms with E-state index in [0.29, 0.717) is 4.32 Å². The Morgan fingerprint density at radius 1 is 1.14 bits per heavy atom. The van der Waals surface area contributed by atoms with Crippen LogP contribution in [0.1, 0.15) is 20.8 Å². The molecule has 4 heteroatoms. The van der Waals surface area contributed by atoms with E-state index >= 15 is 0 Å². The molecule has 80 valence electrons. The van der Waals surface area contributed by atoms with Gasteiger partial charge in [0.2, 0.25) is 0 Å². The van der Waals surface area contributed by atoms with Crippen LogP contribution < -0.4 is 0 Å². The molecular formula is C10H13BrCl2O. The third-order valence-corrected chi connectivity index (χ3v) is 1.55. The summed E-state index contributed by atoms with van der Waals surface area (Å²) in [7, 11) is 0. The first-order chi connectivity index (χ1) is 6.22. The van der Waals surface area contributed by atoms with Crippen molar-refractivity contribution in [2.45, 2.75) is 25.1 Å². The number of benzene rings is 1. The van der Waals surface area contributed by atoms with Gasteiger partial charge in [0.1, 0.15) is 0 Å². The van der Waals surface area contributed by atoms with Crippen molar-refractivity contribution in [3.05, 3.63) is 28.2 Å². The first-order valence-corrected chi connectivity index (χ1v) is 5.58. The van der Waals surface area contributed by atoms with Gasteiger partial charge in [0, 0.05) is 4.32 Å². The SMILES string of the molecule is CC(C)(C)Br.Oc1c(Cl)cccc1Cl. The lowest BCUT2D eigenvalue weighted by molar-refractivity contribution is 0.476. The number of hydrogen-bond donors (Lipinski definition) is 1. The van der Waals surface area contributed by atoms with Gasteiger partial charge in [0.25, 0.3) is 0 Å². The second-order valence-electron chi connectivity index (χ2n) is 3.64. The van der Waals surface area contributed by atoms with E-state index in [4.69, 9.17) is 28.3 Å². The van der Waals surface area contributed by atoms with Crippen molar-refractivity contribution in [3.8, 4) is 5.75 Å². The molecule has 0 atom stereocenters. The van der Waals surface area contributed by atoms with E-state index in [2.05, 4.69) is 36.7 Å². The Balaban J connectivity index is 0.000000292. The van der Waals surface area contributed by atoms with Crippen molar-refractivity contribution in [3.63, 3.8) is 0 Å². The molecular weight excluding hydrogens is 287 g/mol. The summed E-state index contributed by atoms with van der Waals surface area (Å²) in [5.74, 6) is -0.0548. The maximum absolute atomic E-state index is 8.94. The van der Waals surface area contributed by atoms with Crippen LogP contribution in [0.5, 0.6) is 5.75 Å². The van der Waals surface area contributed by atoms with Crippen molar-refractivity contribution in [1.82, 2.24) is 0 Å². The van der Waals surface area contributed by atoms with Gasteiger partial charge in [0.05, 0.1) is 10.0 Å². The Labute approximate surface area is 103 Å². The fourth-order valence-electron chi connectivity index (χ4n) is 0.489. The summed E-state index contributed by atoms with van der Waals surface area (Å²) in [6.45, 7) is 6.31. The maximum atomic E-state index is 8.94. The molecule has 1 rings (SSSR count). The zero-order valence-electron chi connectivity index (χ0n) is 8.31. The lowest BCUT2D eigenvalue weighted by Gasteiger charge is -2.02. The van der Waals surface area contributed by atoms with Gasteiger partial charge in [-0.2, -0.15) is 0 Å². The van der Waals surface area contributed by atoms with Gasteiger partial charge in [-0.15, -0.1) is 0 Å². The van der Waals surface area contributed by atoms with Crippen molar-refractivity contribution in [2.75, 3.05) is 0 Å². The highest BCUT2D eigenvalue weighted by molar-refractivity contribution is 9.10. The molecule has 1 aromatic rings. The third kappa shape index (κ3) is 7.48. The van der Waals surface area contributed by atoms with Crippen LogP contribution in [0.25, 0.3) is 0 Å². The zero-order chi connectivity index (χ0) is 11.4. The van der Waals surface area contributed by atoms with Gasteiger partial charge < -0.3 is 5.11 Å². The highest BCUT2D eigenvalue weighted by Gasteiger charge is 1.99. The first-order valence-electron chi connectivity index (χ1n) is 4.03. The van der Waals surface area contributed by atoms with Crippen LogP contribution >= 0.6 is 39.1 Å². The summed E-state index contributed by atoms with van der Waals surface area (Å²) in [6.07, 6.45) is 0. The molecule has 0 aliphatic carbocycles. The van der Waals surface area contributed by atoms with Gasteiger partial charge in [-0.1, -0.05) is 66.0 Å². The fraction of sp³-hybridized carbons (Fsp3) is 0.400. The molecule has 0 aliphatic rings. The molecule has 0 saturated heterocycles. The topological polar surface area (TPSA) is 20.2 Å². The predicted molar refractivity (Wildman–Crippen MR) is 66.8 cm³/mol. The number of alkyl halides is 1. The molecule has 1 nitrogen and oxygen atoms in total. The van der Waals surface area contributed by atoms with E-state index in [9.17, 15) is 0 Å². The number of rotatable bonds is 0. The molecule has 0 unspecified atom stereocenters. The molecule has 0 bridgehead atoms. The molecule has 0 radical (unpaired) electrons. The Kier molecular flexibility index (Phi) is 5.87. The van der Waals surface area contributed by atoms with Crippen molar-refractivity contribution in [2.24, 2.45) is 0 Å². The number of phenolic OH excluding ortho intramolecular Hbond substituents is 1. The molecule has 0 heterocycles. The van der Waals surface area contributed by atoms with Crippen LogP contribution in [0.3, 0.4) is 0 Å². The first kappa shape index (κ1) is 14.1. The Morgan fingerprint density at radius 2 is 1.43 bits per heavy atom. The summed E-state index contributed by atoms with van der Waals surface area (Å²) in [5, 5.41) is 9.50. The lowest BCUT2D eigenvalue weighted by Crippen LogP contribution is -1.97. The molecule has 0 fully saturated rings. The van der Waals surface area contributed by atoms with Gasteiger partial charge in [-0.05, 0) is 12.1 Å². The highest BCUT2D eigenvalue weighted by atomic mass is 79.9. The molecule has 1 aromatic carbocycles. The summed E-state index contributed by atoms with van der Waals surface area (Å²) in [4.78, 5) is 0. The molecule has 0 saturated carbocycles. The Bertz CT molecular complexity index is 268. The van der Waals surface area contributed by atoms with Crippen LogP contribution in [0.4, 0.5) is 0 Å². The van der Waals surface area contributed by atoms with E-state index in [1.165, 1.54) is 0 Å². The van der Waals surface area contributed by atoms with Crippen molar-refractivity contribution >= 4 is 39.1 Å². The lowest BCUT2D eigenvalue weighted by atomic mass is 10.3. The van der Waals surface area contributed by atoms with Gasteiger partial charge in [0.15, 0.2) is 5.75 Å². The normalized spacial score (nSPS) is 10.4. The maximum Gasteiger partial charge on any atom is 0.152 e. The van der Waals surface area contributed by atoms with E-state index in [0.717, 1.165) is 0 Å². The number of hydrogen-bond acceptors (Lipinski definition) is 1. The summed E-state index contributed by atoms with van der Waals surface area (Å²) >= 11 is 14.3. The minimum absolute atomic E-state index is 0.0548. The van der Waals surface area contributed by atoms with Crippen molar-refractivity contribution in [1.29, 1.82) is 0 Å². The second kappa shape index (κ2) is 5.84. The Hall–Kier alpha value is 0.0800. The van der Waals surface area contributed by atoms with Crippen molar-refractivity contribution < 1.29 is 5.11 Å². The zero-order valence-corrected chi connectivity index (χ0v) is 11.4. The monoisotopic (exact) mass is 298 g/mol. The quantitative estimate of drug-likeness (QED) is 0.677. The Morgan fingerprint density at radius 3 is 1.64 bits per heavy atom. The molecule has 14 heavy (non-hydrogen) atoms. The van der Waals surface area contributed by atoms with E-state index in [1.807, 2.05) is 0 Å². The average Bonchev–Trinajstić information content (AvgIpc) is 1.97. The number of halogens is 3. The fourth-order valence-corrected chi connectivity index (χ4v) is 0.886. The summed E-state index contributed by atoms with van der Waals surface area (Å²) in [6, 6.07) is 4.82. The summed E-state index contributed by atoms with van der Waals surface area (Å²) < 4.78 is 0.312. The predicted octanol–water partition coefficient (Wildman–Crippen LogP) is 4.88. The van der Waals surface area contributed by atoms with Gasteiger partial charge in [-0.3, -0.25) is 0 Å². The molecule has 0 aromatic heterocycles. The van der Waals surface area contributed by atoms with Crippen LogP contribution in [-0.2, 0) is 0 Å². The van der Waals surface area contributed by atoms with Gasteiger partial charge >= 0.3 is 0 Å². The number of phenols is 1. The standard InChI is InChI=1S/C6H4Cl2O.C4H9Br/c7-4-2-1-3-5(8)6(4)9;1-4(2,3)5/h1-3,9H;1-3H3. The average molecular weight is 300 g/mol. The second-order valence-corrected chi connectivity index (χ2v) is 6.83. The number of para-hydroxylation sites is 1.